The molecule has 1 saturated heterocycles. The zero-order valence-corrected chi connectivity index (χ0v) is 13.5. The van der Waals surface area contributed by atoms with Crippen LogP contribution < -0.4 is 4.74 Å². The van der Waals surface area contributed by atoms with Crippen LogP contribution in [0.1, 0.15) is 12.8 Å². The fourth-order valence-corrected chi connectivity index (χ4v) is 3.49. The molecule has 1 aromatic carbocycles. The number of sulfone groups is 1. The third kappa shape index (κ3) is 3.94. The Morgan fingerprint density at radius 3 is 2.53 bits per heavy atom. The molecule has 0 amide bonds. The first kappa shape index (κ1) is 14.8. The van der Waals surface area contributed by atoms with Crippen LogP contribution in [0.5, 0.6) is 5.75 Å². The fraction of sp³-hybridized carbons (Fsp3) is 0.538. The van der Waals surface area contributed by atoms with Crippen molar-refractivity contribution in [3.8, 4) is 5.75 Å². The highest BCUT2D eigenvalue weighted by molar-refractivity contribution is 9.10. The lowest BCUT2D eigenvalue weighted by Crippen LogP contribution is -2.35. The fourth-order valence-electron chi connectivity index (χ4n) is 2.15. The molecular formula is C13H18BrNO3S. The third-order valence-corrected chi connectivity index (χ3v) is 4.88. The summed E-state index contributed by atoms with van der Waals surface area (Å²) >= 11 is 3.30. The summed E-state index contributed by atoms with van der Waals surface area (Å²) in [5.74, 6) is 0.459. The molecule has 0 saturated carbocycles. The Hall–Kier alpha value is -0.590. The monoisotopic (exact) mass is 347 g/mol. The number of ether oxygens (including phenoxy) is 1. The Labute approximate surface area is 122 Å². The van der Waals surface area contributed by atoms with Gasteiger partial charge in [0.15, 0.2) is 9.84 Å². The highest BCUT2D eigenvalue weighted by Crippen LogP contribution is 2.29. The predicted molar refractivity (Wildman–Crippen MR) is 78.4 cm³/mol. The Balaban J connectivity index is 2.21. The van der Waals surface area contributed by atoms with Gasteiger partial charge >= 0.3 is 0 Å². The largest absolute Gasteiger partial charge is 0.489 e. The lowest BCUT2D eigenvalue weighted by molar-refractivity contribution is 0.111. The minimum atomic E-state index is -3.28. The molecule has 0 radical (unpaired) electrons. The topological polar surface area (TPSA) is 46.6 Å². The molecule has 0 bridgehead atoms. The van der Waals surface area contributed by atoms with E-state index in [1.807, 2.05) is 0 Å². The standard InChI is InChI=1S/C13H18BrNO3S/c1-15-7-5-11(6-8-15)18-12-4-3-10(14)9-13(12)19(2,16)17/h3-4,9,11H,5-8H2,1-2H3. The van der Waals surface area contributed by atoms with Crippen molar-refractivity contribution in [2.75, 3.05) is 26.4 Å². The van der Waals surface area contributed by atoms with Gasteiger partial charge in [-0.3, -0.25) is 0 Å². The van der Waals surface area contributed by atoms with Crippen molar-refractivity contribution in [3.05, 3.63) is 22.7 Å². The average molecular weight is 348 g/mol. The van der Waals surface area contributed by atoms with Gasteiger partial charge in [-0.25, -0.2) is 8.42 Å². The van der Waals surface area contributed by atoms with Gasteiger partial charge in [0.25, 0.3) is 0 Å². The van der Waals surface area contributed by atoms with Crippen molar-refractivity contribution in [2.24, 2.45) is 0 Å². The Morgan fingerprint density at radius 2 is 1.95 bits per heavy atom. The Kier molecular flexibility index (Phi) is 4.53. The van der Waals surface area contributed by atoms with E-state index in [1.165, 1.54) is 6.26 Å². The van der Waals surface area contributed by atoms with Gasteiger partial charge in [-0.2, -0.15) is 0 Å². The first-order valence-corrected chi connectivity index (χ1v) is 8.89. The third-order valence-electron chi connectivity index (χ3n) is 3.26. The van der Waals surface area contributed by atoms with E-state index in [4.69, 9.17) is 4.74 Å². The minimum Gasteiger partial charge on any atom is -0.489 e. The summed E-state index contributed by atoms with van der Waals surface area (Å²) in [6, 6.07) is 5.12. The molecule has 106 valence electrons. The number of benzene rings is 1. The summed E-state index contributed by atoms with van der Waals surface area (Å²) in [6.45, 7) is 1.96. The van der Waals surface area contributed by atoms with Gasteiger partial charge in [-0.15, -0.1) is 0 Å². The quantitative estimate of drug-likeness (QED) is 0.841. The molecule has 1 heterocycles. The molecule has 0 aliphatic carbocycles. The number of hydrogen-bond acceptors (Lipinski definition) is 4. The Morgan fingerprint density at radius 1 is 1.32 bits per heavy atom. The number of likely N-dealkylation sites (tertiary alicyclic amines) is 1. The van der Waals surface area contributed by atoms with Crippen molar-refractivity contribution in [1.82, 2.24) is 4.90 Å². The zero-order chi connectivity index (χ0) is 14.0. The van der Waals surface area contributed by atoms with Gasteiger partial charge in [0, 0.05) is 23.8 Å². The molecule has 1 aromatic rings. The maximum Gasteiger partial charge on any atom is 0.179 e. The second-order valence-electron chi connectivity index (χ2n) is 4.98. The van der Waals surface area contributed by atoms with Crippen molar-refractivity contribution >= 4 is 25.8 Å². The molecule has 0 unspecified atom stereocenters. The van der Waals surface area contributed by atoms with Crippen LogP contribution >= 0.6 is 15.9 Å². The van der Waals surface area contributed by atoms with Crippen LogP contribution in [-0.4, -0.2) is 45.8 Å². The summed E-state index contributed by atoms with van der Waals surface area (Å²) in [7, 11) is -1.20. The molecule has 1 aliphatic heterocycles. The molecular weight excluding hydrogens is 330 g/mol. The van der Waals surface area contributed by atoms with Crippen LogP contribution in [-0.2, 0) is 9.84 Å². The van der Waals surface area contributed by atoms with Crippen molar-refractivity contribution in [1.29, 1.82) is 0 Å². The summed E-state index contributed by atoms with van der Waals surface area (Å²) in [5, 5.41) is 0. The molecule has 4 nitrogen and oxygen atoms in total. The highest BCUT2D eigenvalue weighted by Gasteiger charge is 2.21. The average Bonchev–Trinajstić information content (AvgIpc) is 2.33. The summed E-state index contributed by atoms with van der Waals surface area (Å²) in [5.41, 5.74) is 0. The molecule has 0 spiro atoms. The predicted octanol–water partition coefficient (Wildman–Crippen LogP) is 2.33. The minimum absolute atomic E-state index is 0.0953. The number of halogens is 1. The lowest BCUT2D eigenvalue weighted by Gasteiger charge is -2.29. The molecule has 0 atom stereocenters. The van der Waals surface area contributed by atoms with E-state index in [9.17, 15) is 8.42 Å². The van der Waals surface area contributed by atoms with Crippen molar-refractivity contribution < 1.29 is 13.2 Å². The number of nitrogens with zero attached hydrogens (tertiary/aromatic N) is 1. The Bertz CT molecular complexity index is 551. The van der Waals surface area contributed by atoms with Gasteiger partial charge in [-0.05, 0) is 38.1 Å². The maximum absolute atomic E-state index is 11.8. The summed E-state index contributed by atoms with van der Waals surface area (Å²) < 4.78 is 30.2. The van der Waals surface area contributed by atoms with E-state index in [-0.39, 0.29) is 11.0 Å². The van der Waals surface area contributed by atoms with Gasteiger partial charge in [0.05, 0.1) is 0 Å². The van der Waals surface area contributed by atoms with E-state index in [0.29, 0.717) is 5.75 Å². The molecule has 1 fully saturated rings. The van der Waals surface area contributed by atoms with Crippen LogP contribution in [0.4, 0.5) is 0 Å². The van der Waals surface area contributed by atoms with Gasteiger partial charge < -0.3 is 9.64 Å². The van der Waals surface area contributed by atoms with Gasteiger partial charge in [-0.1, -0.05) is 15.9 Å². The first-order valence-electron chi connectivity index (χ1n) is 6.21. The number of piperidine rings is 1. The van der Waals surface area contributed by atoms with Crippen LogP contribution in [0, 0.1) is 0 Å². The molecule has 1 aliphatic rings. The maximum atomic E-state index is 11.8. The van der Waals surface area contributed by atoms with Crippen LogP contribution in [0.15, 0.2) is 27.6 Å². The summed E-state index contributed by atoms with van der Waals surface area (Å²) in [6.07, 6.45) is 3.15. The molecule has 19 heavy (non-hydrogen) atoms. The SMILES string of the molecule is CN1CCC(Oc2ccc(Br)cc2S(C)(=O)=O)CC1. The lowest BCUT2D eigenvalue weighted by atomic mass is 10.1. The van der Waals surface area contributed by atoms with Crippen molar-refractivity contribution in [2.45, 2.75) is 23.8 Å². The molecule has 0 N–H and O–H groups in total. The molecule has 0 aromatic heterocycles. The van der Waals surface area contributed by atoms with Crippen molar-refractivity contribution in [3.63, 3.8) is 0 Å². The smallest absolute Gasteiger partial charge is 0.179 e. The van der Waals surface area contributed by atoms with E-state index in [1.54, 1.807) is 18.2 Å². The number of hydrogen-bond donors (Lipinski definition) is 0. The highest BCUT2D eigenvalue weighted by atomic mass is 79.9. The van der Waals surface area contributed by atoms with E-state index >= 15 is 0 Å². The molecule has 2 rings (SSSR count). The second kappa shape index (κ2) is 5.81. The first-order chi connectivity index (χ1) is 8.86. The summed E-state index contributed by atoms with van der Waals surface area (Å²) in [4.78, 5) is 2.50. The van der Waals surface area contributed by atoms with E-state index in [2.05, 4.69) is 27.9 Å². The van der Waals surface area contributed by atoms with E-state index in [0.717, 1.165) is 30.4 Å². The van der Waals surface area contributed by atoms with Crippen LogP contribution in [0.2, 0.25) is 0 Å². The normalized spacial score (nSPS) is 18.5. The van der Waals surface area contributed by atoms with Crippen LogP contribution in [0.25, 0.3) is 0 Å². The van der Waals surface area contributed by atoms with Gasteiger partial charge in [0.2, 0.25) is 0 Å². The zero-order valence-electron chi connectivity index (χ0n) is 11.1. The van der Waals surface area contributed by atoms with Gasteiger partial charge in [0.1, 0.15) is 16.7 Å². The van der Waals surface area contributed by atoms with E-state index < -0.39 is 9.84 Å². The number of rotatable bonds is 3. The second-order valence-corrected chi connectivity index (χ2v) is 7.88. The molecule has 6 heteroatoms. The van der Waals surface area contributed by atoms with Crippen LogP contribution in [0.3, 0.4) is 0 Å².